The second kappa shape index (κ2) is 9.74. The summed E-state index contributed by atoms with van der Waals surface area (Å²) in [6.07, 6.45) is 3.56. The number of rotatable bonds is 7. The van der Waals surface area contributed by atoms with Gasteiger partial charge in [-0.1, -0.05) is 0 Å². The number of likely N-dealkylation sites (N-methyl/N-ethyl adjacent to an activating group) is 1. The number of nitrogens with one attached hydrogen (secondary N) is 1. The van der Waals surface area contributed by atoms with E-state index in [2.05, 4.69) is 15.2 Å². The summed E-state index contributed by atoms with van der Waals surface area (Å²) in [5, 5.41) is 2.80. The Morgan fingerprint density at radius 2 is 1.67 bits per heavy atom. The quantitative estimate of drug-likeness (QED) is 0.570. The smallest absolute Gasteiger partial charge is 0.255 e. The predicted molar refractivity (Wildman–Crippen MR) is 125 cm³/mol. The number of benzene rings is 2. The van der Waals surface area contributed by atoms with E-state index in [1.54, 1.807) is 42.6 Å². The highest BCUT2D eigenvalue weighted by Crippen LogP contribution is 2.21. The molecule has 1 fully saturated rings. The third kappa shape index (κ3) is 5.41. The van der Waals surface area contributed by atoms with Crippen LogP contribution in [0.4, 0.5) is 5.69 Å². The molecule has 0 aliphatic carbocycles. The highest BCUT2D eigenvalue weighted by atomic mass is 32.2. The molecule has 3 aromatic rings. The average molecular weight is 470 g/mol. The lowest BCUT2D eigenvalue weighted by Gasteiger charge is -2.31. The zero-order valence-corrected chi connectivity index (χ0v) is 19.5. The van der Waals surface area contributed by atoms with Crippen molar-refractivity contribution in [3.63, 3.8) is 0 Å². The Kier molecular flexibility index (Phi) is 6.77. The van der Waals surface area contributed by atoms with E-state index < -0.39 is 10.0 Å². The number of aryl methyl sites for hydroxylation is 1. The normalized spacial score (nSPS) is 15.3. The molecular weight excluding hydrogens is 442 g/mol. The van der Waals surface area contributed by atoms with E-state index in [0.29, 0.717) is 49.8 Å². The van der Waals surface area contributed by atoms with Crippen LogP contribution in [0.3, 0.4) is 0 Å². The topological polar surface area (TPSA) is 96.8 Å². The van der Waals surface area contributed by atoms with E-state index >= 15 is 0 Å². The number of hydrogen-bond acceptors (Lipinski definition) is 6. The molecule has 0 spiro atoms. The Morgan fingerprint density at radius 1 is 1.00 bits per heavy atom. The van der Waals surface area contributed by atoms with Gasteiger partial charge in [-0.2, -0.15) is 4.31 Å². The van der Waals surface area contributed by atoms with Crippen LogP contribution >= 0.6 is 0 Å². The van der Waals surface area contributed by atoms with Gasteiger partial charge in [0.2, 0.25) is 10.0 Å². The molecule has 4 rings (SSSR count). The van der Waals surface area contributed by atoms with Gasteiger partial charge in [0.15, 0.2) is 0 Å². The highest BCUT2D eigenvalue weighted by Gasteiger charge is 2.27. The molecule has 0 radical (unpaired) electrons. The molecule has 9 nitrogen and oxygen atoms in total. The molecule has 2 heterocycles. The van der Waals surface area contributed by atoms with Gasteiger partial charge in [-0.3, -0.25) is 4.79 Å². The lowest BCUT2D eigenvalue weighted by atomic mass is 10.2. The number of anilines is 1. The number of nitrogens with zero attached hydrogens (tertiary/aromatic N) is 4. The summed E-state index contributed by atoms with van der Waals surface area (Å²) in [6.45, 7) is 2.69. The SMILES string of the molecule is CN1CCN(S(=O)(=O)c2ccc(NC(=O)c3ccc(OCc4nccn4C)cc3)cc2)CC1. The van der Waals surface area contributed by atoms with E-state index in [0.717, 1.165) is 5.82 Å². The van der Waals surface area contributed by atoms with Gasteiger partial charge >= 0.3 is 0 Å². The van der Waals surface area contributed by atoms with E-state index in [-0.39, 0.29) is 10.8 Å². The van der Waals surface area contributed by atoms with Crippen LogP contribution < -0.4 is 10.1 Å². The summed E-state index contributed by atoms with van der Waals surface area (Å²) in [7, 11) is 0.335. The van der Waals surface area contributed by atoms with Crippen LogP contribution in [-0.2, 0) is 23.7 Å². The van der Waals surface area contributed by atoms with Crippen molar-refractivity contribution < 1.29 is 17.9 Å². The number of hydrogen-bond donors (Lipinski definition) is 1. The largest absolute Gasteiger partial charge is 0.486 e. The lowest BCUT2D eigenvalue weighted by molar-refractivity contribution is 0.102. The fourth-order valence-electron chi connectivity index (χ4n) is 3.48. The van der Waals surface area contributed by atoms with E-state index in [4.69, 9.17) is 4.74 Å². The van der Waals surface area contributed by atoms with Gasteiger partial charge in [-0.15, -0.1) is 0 Å². The minimum absolute atomic E-state index is 0.222. The molecule has 0 unspecified atom stereocenters. The summed E-state index contributed by atoms with van der Waals surface area (Å²) in [5.41, 5.74) is 0.987. The Labute approximate surface area is 193 Å². The van der Waals surface area contributed by atoms with Crippen molar-refractivity contribution in [1.29, 1.82) is 0 Å². The molecule has 0 atom stereocenters. The molecule has 1 aromatic heterocycles. The van der Waals surface area contributed by atoms with E-state index in [9.17, 15) is 13.2 Å². The molecule has 10 heteroatoms. The molecule has 2 aromatic carbocycles. The molecule has 1 aliphatic rings. The zero-order chi connectivity index (χ0) is 23.4. The van der Waals surface area contributed by atoms with Crippen molar-refractivity contribution in [3.05, 3.63) is 72.3 Å². The Hall–Kier alpha value is -3.21. The van der Waals surface area contributed by atoms with Gasteiger partial charge in [0, 0.05) is 56.9 Å². The lowest BCUT2D eigenvalue weighted by Crippen LogP contribution is -2.46. The first-order valence-electron chi connectivity index (χ1n) is 10.6. The Morgan fingerprint density at radius 3 is 2.27 bits per heavy atom. The van der Waals surface area contributed by atoms with Gasteiger partial charge in [0.25, 0.3) is 5.91 Å². The standard InChI is InChI=1S/C23H27N5O4S/c1-26-13-15-28(16-14-26)33(30,31)21-9-5-19(6-10-21)25-23(29)18-3-7-20(8-4-18)32-17-22-24-11-12-27(22)2/h3-12H,13-17H2,1-2H3,(H,25,29). The van der Waals surface area contributed by atoms with Crippen molar-refractivity contribution in [2.24, 2.45) is 7.05 Å². The number of carbonyl (C=O) groups is 1. The maximum atomic E-state index is 12.8. The summed E-state index contributed by atoms with van der Waals surface area (Å²) in [6, 6.07) is 13.1. The summed E-state index contributed by atoms with van der Waals surface area (Å²) in [4.78, 5) is 19.1. The third-order valence-corrected chi connectivity index (χ3v) is 7.53. The summed E-state index contributed by atoms with van der Waals surface area (Å²) >= 11 is 0. The number of ether oxygens (including phenoxy) is 1. The number of sulfonamides is 1. The van der Waals surface area contributed by atoms with Crippen molar-refractivity contribution in [2.45, 2.75) is 11.5 Å². The second-order valence-corrected chi connectivity index (χ2v) is 9.89. The average Bonchev–Trinajstić information content (AvgIpc) is 3.23. The fourth-order valence-corrected chi connectivity index (χ4v) is 4.90. The zero-order valence-electron chi connectivity index (χ0n) is 18.6. The molecule has 174 valence electrons. The van der Waals surface area contributed by atoms with Crippen LogP contribution in [0.5, 0.6) is 5.75 Å². The van der Waals surface area contributed by atoms with Crippen LogP contribution in [0.25, 0.3) is 0 Å². The molecule has 1 aliphatic heterocycles. The maximum Gasteiger partial charge on any atom is 0.255 e. The van der Waals surface area contributed by atoms with Gasteiger partial charge < -0.3 is 19.5 Å². The third-order valence-electron chi connectivity index (χ3n) is 5.62. The van der Waals surface area contributed by atoms with Crippen LogP contribution in [0.2, 0.25) is 0 Å². The first-order chi connectivity index (χ1) is 15.8. The number of carbonyl (C=O) groups excluding carboxylic acids is 1. The molecule has 1 N–H and O–H groups in total. The Balaban J connectivity index is 1.35. The van der Waals surface area contributed by atoms with Crippen LogP contribution in [0, 0.1) is 0 Å². The Bertz CT molecular complexity index is 1200. The summed E-state index contributed by atoms with van der Waals surface area (Å²) < 4.78 is 34.7. The minimum Gasteiger partial charge on any atom is -0.486 e. The minimum atomic E-state index is -3.54. The second-order valence-electron chi connectivity index (χ2n) is 7.95. The van der Waals surface area contributed by atoms with Gasteiger partial charge in [0.05, 0.1) is 4.90 Å². The molecular formula is C23H27N5O4S. The first-order valence-corrected chi connectivity index (χ1v) is 12.1. The van der Waals surface area contributed by atoms with E-state index in [1.807, 2.05) is 24.9 Å². The summed E-state index contributed by atoms with van der Waals surface area (Å²) in [5.74, 6) is 1.14. The highest BCUT2D eigenvalue weighted by molar-refractivity contribution is 7.89. The van der Waals surface area contributed by atoms with Gasteiger partial charge in [0.1, 0.15) is 18.2 Å². The molecule has 33 heavy (non-hydrogen) atoms. The van der Waals surface area contributed by atoms with Gasteiger partial charge in [-0.25, -0.2) is 13.4 Å². The first kappa shape index (κ1) is 23.0. The van der Waals surface area contributed by atoms with Crippen LogP contribution in [-0.4, -0.2) is 66.3 Å². The molecule has 1 amide bonds. The molecule has 1 saturated heterocycles. The van der Waals surface area contributed by atoms with Crippen molar-refractivity contribution in [3.8, 4) is 5.75 Å². The van der Waals surface area contributed by atoms with Crippen molar-refractivity contribution >= 4 is 21.6 Å². The maximum absolute atomic E-state index is 12.8. The van der Waals surface area contributed by atoms with Gasteiger partial charge in [-0.05, 0) is 55.6 Å². The number of imidazole rings is 1. The monoisotopic (exact) mass is 469 g/mol. The number of amides is 1. The van der Waals surface area contributed by atoms with Crippen molar-refractivity contribution in [2.75, 3.05) is 38.5 Å². The van der Waals surface area contributed by atoms with E-state index in [1.165, 1.54) is 16.4 Å². The van der Waals surface area contributed by atoms with Crippen LogP contribution in [0.15, 0.2) is 65.8 Å². The molecule has 0 saturated carbocycles. The fraction of sp³-hybridized carbons (Fsp3) is 0.304. The molecule has 0 bridgehead atoms. The van der Waals surface area contributed by atoms with Crippen LogP contribution in [0.1, 0.15) is 16.2 Å². The number of piperazine rings is 1. The number of aromatic nitrogens is 2. The predicted octanol–water partition coefficient (Wildman–Crippen LogP) is 2.19. The van der Waals surface area contributed by atoms with Crippen molar-refractivity contribution in [1.82, 2.24) is 18.8 Å².